The summed E-state index contributed by atoms with van der Waals surface area (Å²) in [6.45, 7) is 2.76. The van der Waals surface area contributed by atoms with Gasteiger partial charge >= 0.3 is 0 Å². The summed E-state index contributed by atoms with van der Waals surface area (Å²) < 4.78 is 10.7. The van der Waals surface area contributed by atoms with Gasteiger partial charge in [0.25, 0.3) is 5.89 Å². The fourth-order valence-electron chi connectivity index (χ4n) is 4.08. The van der Waals surface area contributed by atoms with E-state index in [0.717, 1.165) is 16.7 Å². The smallest absolute Gasteiger partial charge is 0.259 e. The molecular weight excluding hydrogens is 434 g/mol. The highest BCUT2D eigenvalue weighted by atomic mass is 16.5. The first kappa shape index (κ1) is 21.7. The number of pyridine rings is 1. The Balaban J connectivity index is 1.38. The molecule has 1 aliphatic heterocycles. The maximum Gasteiger partial charge on any atom is 0.259 e. The van der Waals surface area contributed by atoms with Gasteiger partial charge in [0.1, 0.15) is 5.82 Å². The van der Waals surface area contributed by atoms with Crippen molar-refractivity contribution in [3.05, 3.63) is 66.4 Å². The van der Waals surface area contributed by atoms with Crippen molar-refractivity contribution in [3.63, 3.8) is 0 Å². The van der Waals surface area contributed by atoms with Crippen molar-refractivity contribution in [2.24, 2.45) is 0 Å². The van der Waals surface area contributed by atoms with Crippen LogP contribution in [0, 0.1) is 6.92 Å². The topological polar surface area (TPSA) is 142 Å². The lowest BCUT2D eigenvalue weighted by molar-refractivity contribution is -0.125. The molecule has 3 aromatic heterocycles. The molecule has 4 heterocycles. The van der Waals surface area contributed by atoms with Crippen molar-refractivity contribution in [1.82, 2.24) is 25.1 Å². The fourth-order valence-corrected chi connectivity index (χ4v) is 4.08. The Morgan fingerprint density at radius 3 is 2.24 bits per heavy atom. The number of amides is 1. The number of hydrogen-bond donors (Lipinski definition) is 2. The molecule has 1 aromatic carbocycles. The van der Waals surface area contributed by atoms with E-state index in [1.165, 1.54) is 0 Å². The number of nitrogen functional groups attached to an aromatic ring is 1. The number of hydrogen-bond acceptors (Lipinski definition) is 9. The first-order valence-electron chi connectivity index (χ1n) is 10.9. The zero-order valence-electron chi connectivity index (χ0n) is 18.6. The minimum Gasteiger partial charge on any atom is -0.381 e. The molecule has 1 amide bonds. The Morgan fingerprint density at radius 1 is 0.941 bits per heavy atom. The zero-order chi connectivity index (χ0) is 23.5. The van der Waals surface area contributed by atoms with Crippen LogP contribution in [0.1, 0.15) is 24.2 Å². The minimum absolute atomic E-state index is 0.117. The number of nitrogens with one attached hydrogen (secondary N) is 1. The third-order valence-corrected chi connectivity index (χ3v) is 6.00. The molecule has 1 aliphatic rings. The lowest BCUT2D eigenvalue weighted by Crippen LogP contribution is -2.45. The second kappa shape index (κ2) is 8.99. The maximum absolute atomic E-state index is 13.6. The average molecular weight is 457 g/mol. The third-order valence-electron chi connectivity index (χ3n) is 6.00. The van der Waals surface area contributed by atoms with Gasteiger partial charge in [0, 0.05) is 37.4 Å². The van der Waals surface area contributed by atoms with E-state index in [9.17, 15) is 4.79 Å². The summed E-state index contributed by atoms with van der Waals surface area (Å²) in [6, 6.07) is 11.4. The third kappa shape index (κ3) is 4.23. The van der Waals surface area contributed by atoms with Crippen molar-refractivity contribution in [1.29, 1.82) is 0 Å². The number of carbonyl (C=O) groups excluding carboxylic acids is 1. The molecule has 5 rings (SSSR count). The van der Waals surface area contributed by atoms with E-state index in [-0.39, 0.29) is 11.9 Å². The van der Waals surface area contributed by atoms with E-state index >= 15 is 0 Å². The van der Waals surface area contributed by atoms with Crippen molar-refractivity contribution in [2.45, 2.75) is 25.2 Å². The number of ether oxygens (including phenoxy) is 1. The van der Waals surface area contributed by atoms with Crippen LogP contribution in [-0.2, 0) is 14.9 Å². The monoisotopic (exact) mass is 457 g/mol. The van der Waals surface area contributed by atoms with Crippen LogP contribution in [0.4, 0.5) is 11.8 Å². The molecule has 4 aromatic rings. The number of carbonyl (C=O) groups is 1. The largest absolute Gasteiger partial charge is 0.381 e. The lowest BCUT2D eigenvalue weighted by atomic mass is 9.73. The number of rotatable bonds is 5. The van der Waals surface area contributed by atoms with Gasteiger partial charge in [-0.25, -0.2) is 15.0 Å². The second-order valence-electron chi connectivity index (χ2n) is 8.13. The Morgan fingerprint density at radius 2 is 1.62 bits per heavy atom. The zero-order valence-corrected chi connectivity index (χ0v) is 18.6. The van der Waals surface area contributed by atoms with E-state index in [0.29, 0.717) is 49.2 Å². The predicted molar refractivity (Wildman–Crippen MR) is 125 cm³/mol. The lowest BCUT2D eigenvalue weighted by Gasteiger charge is -2.36. The molecule has 0 saturated carbocycles. The molecule has 0 bridgehead atoms. The molecule has 0 radical (unpaired) electrons. The van der Waals surface area contributed by atoms with Crippen LogP contribution in [0.5, 0.6) is 0 Å². The quantitative estimate of drug-likeness (QED) is 0.462. The van der Waals surface area contributed by atoms with Crippen molar-refractivity contribution >= 4 is 17.7 Å². The van der Waals surface area contributed by atoms with Gasteiger partial charge in [-0.15, -0.1) is 0 Å². The van der Waals surface area contributed by atoms with Crippen LogP contribution in [0.2, 0.25) is 0 Å². The number of anilines is 2. The molecule has 0 unspecified atom stereocenters. The highest BCUT2D eigenvalue weighted by Crippen LogP contribution is 2.37. The van der Waals surface area contributed by atoms with Gasteiger partial charge in [0.2, 0.25) is 11.9 Å². The molecule has 34 heavy (non-hydrogen) atoms. The van der Waals surface area contributed by atoms with E-state index in [2.05, 4.69) is 30.4 Å². The first-order valence-corrected chi connectivity index (χ1v) is 10.9. The molecule has 1 saturated heterocycles. The highest BCUT2D eigenvalue weighted by Gasteiger charge is 2.42. The van der Waals surface area contributed by atoms with Crippen LogP contribution < -0.4 is 11.1 Å². The average Bonchev–Trinajstić information content (AvgIpc) is 3.32. The first-order chi connectivity index (χ1) is 16.5. The second-order valence-corrected chi connectivity index (χ2v) is 8.13. The van der Waals surface area contributed by atoms with Crippen LogP contribution >= 0.6 is 0 Å². The van der Waals surface area contributed by atoms with E-state index in [4.69, 9.17) is 15.0 Å². The van der Waals surface area contributed by atoms with Gasteiger partial charge < -0.3 is 20.3 Å². The summed E-state index contributed by atoms with van der Waals surface area (Å²) in [7, 11) is 0. The summed E-state index contributed by atoms with van der Waals surface area (Å²) in [6.07, 6.45) is 6.10. The molecule has 0 aliphatic carbocycles. The van der Waals surface area contributed by atoms with Gasteiger partial charge in [-0.1, -0.05) is 29.4 Å². The van der Waals surface area contributed by atoms with Crippen molar-refractivity contribution in [2.75, 3.05) is 24.3 Å². The van der Waals surface area contributed by atoms with Crippen LogP contribution in [0.15, 0.2) is 59.5 Å². The van der Waals surface area contributed by atoms with E-state index < -0.39 is 5.41 Å². The highest BCUT2D eigenvalue weighted by molar-refractivity contribution is 5.98. The van der Waals surface area contributed by atoms with Crippen LogP contribution in [0.3, 0.4) is 0 Å². The molecule has 10 nitrogen and oxygen atoms in total. The van der Waals surface area contributed by atoms with E-state index in [1.807, 2.05) is 24.3 Å². The fraction of sp³-hybridized carbons (Fsp3) is 0.250. The number of nitrogens with two attached hydrogens (primary N) is 1. The maximum atomic E-state index is 13.6. The normalized spacial score (nSPS) is 15.1. The number of aromatic nitrogens is 5. The molecule has 3 N–H and O–H groups in total. The van der Waals surface area contributed by atoms with Gasteiger partial charge in [-0.2, -0.15) is 4.98 Å². The Labute approximate surface area is 195 Å². The molecule has 0 spiro atoms. The molecular formula is C24H23N7O3. The summed E-state index contributed by atoms with van der Waals surface area (Å²) in [4.78, 5) is 30.2. The summed E-state index contributed by atoms with van der Waals surface area (Å²) in [5.41, 5.74) is 8.26. The Bertz CT molecular complexity index is 1280. The van der Waals surface area contributed by atoms with Gasteiger partial charge in [0.05, 0.1) is 11.0 Å². The number of nitrogens with zero attached hydrogens (tertiary/aromatic N) is 5. The predicted octanol–water partition coefficient (Wildman–Crippen LogP) is 3.17. The minimum atomic E-state index is -0.724. The number of benzene rings is 1. The molecule has 0 atom stereocenters. The SMILES string of the molecule is Cc1noc(-c2ccc(NC(=O)C3(c4ccc(-c5cnc(N)nc5)cc4)CCOCC3)nc2)n1. The van der Waals surface area contributed by atoms with Crippen LogP contribution in [0.25, 0.3) is 22.6 Å². The molecule has 1 fully saturated rings. The van der Waals surface area contributed by atoms with Gasteiger partial charge in [-0.3, -0.25) is 4.79 Å². The van der Waals surface area contributed by atoms with Crippen molar-refractivity contribution < 1.29 is 14.1 Å². The summed E-state index contributed by atoms with van der Waals surface area (Å²) in [5.74, 6) is 1.49. The van der Waals surface area contributed by atoms with Crippen molar-refractivity contribution in [3.8, 4) is 22.6 Å². The molecule has 172 valence electrons. The summed E-state index contributed by atoms with van der Waals surface area (Å²) in [5, 5.41) is 6.77. The number of aryl methyl sites for hydroxylation is 1. The van der Waals surface area contributed by atoms with Crippen LogP contribution in [-0.4, -0.2) is 44.2 Å². The standard InChI is InChI=1S/C24H23N7O3/c1-15-29-21(34-31-15)17-4-7-20(26-12-17)30-22(32)24(8-10-33-11-9-24)19-5-2-16(3-6-19)18-13-27-23(25)28-14-18/h2-7,12-14H,8-11H2,1H3,(H2,25,27,28)(H,26,30,32). The van der Waals surface area contributed by atoms with Gasteiger partial charge in [-0.05, 0) is 43.0 Å². The van der Waals surface area contributed by atoms with E-state index in [1.54, 1.807) is 37.6 Å². The molecule has 10 heteroatoms. The Kier molecular flexibility index (Phi) is 5.72. The summed E-state index contributed by atoms with van der Waals surface area (Å²) >= 11 is 0. The Hall–Kier alpha value is -4.18. The van der Waals surface area contributed by atoms with Gasteiger partial charge in [0.15, 0.2) is 5.82 Å².